The van der Waals surface area contributed by atoms with Crippen LogP contribution in [0, 0.1) is 0 Å². The minimum absolute atomic E-state index is 0.0288. The Kier molecular flexibility index (Phi) is 11.0. The van der Waals surface area contributed by atoms with E-state index >= 15 is 0 Å². The predicted molar refractivity (Wildman–Crippen MR) is 129 cm³/mol. The van der Waals surface area contributed by atoms with E-state index in [4.69, 9.17) is 28.0 Å². The van der Waals surface area contributed by atoms with Crippen molar-refractivity contribution < 1.29 is 29.1 Å². The van der Waals surface area contributed by atoms with Gasteiger partial charge in [-0.15, -0.1) is 5.06 Å². The zero-order valence-electron chi connectivity index (χ0n) is 18.7. The van der Waals surface area contributed by atoms with Crippen LogP contribution in [0.3, 0.4) is 0 Å². The van der Waals surface area contributed by atoms with Gasteiger partial charge < -0.3 is 9.94 Å². The van der Waals surface area contributed by atoms with Crippen molar-refractivity contribution in [3.8, 4) is 5.75 Å². The molecule has 0 saturated carbocycles. The van der Waals surface area contributed by atoms with E-state index in [1.165, 1.54) is 23.8 Å². The number of halogens is 2. The molecular weight excluding hydrogens is 483 g/mol. The van der Waals surface area contributed by atoms with E-state index in [-0.39, 0.29) is 36.0 Å². The molecule has 8 nitrogen and oxygen atoms in total. The average Bonchev–Trinajstić information content (AvgIpc) is 3.11. The molecule has 1 aromatic rings. The molecule has 182 valence electrons. The number of hydrogen-bond acceptors (Lipinski definition) is 7. The predicted octanol–water partition coefficient (Wildman–Crippen LogP) is 5.20. The molecule has 34 heavy (non-hydrogen) atoms. The van der Waals surface area contributed by atoms with Crippen LogP contribution in [0.5, 0.6) is 5.75 Å². The summed E-state index contributed by atoms with van der Waals surface area (Å²) >= 11 is 11.5. The Morgan fingerprint density at radius 1 is 1.24 bits per heavy atom. The number of hydrogen-bond donors (Lipinski definition) is 1. The minimum Gasteiger partial charge on any atom is -0.508 e. The van der Waals surface area contributed by atoms with Gasteiger partial charge in [-0.05, 0) is 54.7 Å². The van der Waals surface area contributed by atoms with Crippen molar-refractivity contribution in [1.82, 2.24) is 5.06 Å². The summed E-state index contributed by atoms with van der Waals surface area (Å²) in [6.45, 7) is 2.00. The van der Waals surface area contributed by atoms with E-state index in [2.05, 4.69) is 4.99 Å². The average molecular weight is 509 g/mol. The molecular formula is C24H26Cl2N2O6. The van der Waals surface area contributed by atoms with Gasteiger partial charge in [0, 0.05) is 24.8 Å². The number of phenolic OH excluding ortho intramolecular Hbond substituents is 1. The number of carbonyl (C=O) groups excluding carboxylic acids is 4. The van der Waals surface area contributed by atoms with Gasteiger partial charge in [0.25, 0.3) is 11.8 Å². The zero-order chi connectivity index (χ0) is 25.1. The topological polar surface area (TPSA) is 113 Å². The summed E-state index contributed by atoms with van der Waals surface area (Å²) in [7, 11) is 0. The first kappa shape index (κ1) is 27.3. The summed E-state index contributed by atoms with van der Waals surface area (Å²) in [5.41, 5.74) is 3.04. The van der Waals surface area contributed by atoms with Crippen LogP contribution in [-0.2, 0) is 24.0 Å². The van der Waals surface area contributed by atoms with Crippen molar-refractivity contribution in [2.24, 2.45) is 4.99 Å². The van der Waals surface area contributed by atoms with Gasteiger partial charge in [0.1, 0.15) is 5.75 Å². The first-order valence-electron chi connectivity index (χ1n) is 10.8. The maximum Gasteiger partial charge on any atom is 0.333 e. The second-order valence-corrected chi connectivity index (χ2v) is 8.45. The number of benzene rings is 1. The van der Waals surface area contributed by atoms with E-state index in [9.17, 15) is 24.3 Å². The Hall–Kier alpha value is -2.97. The van der Waals surface area contributed by atoms with E-state index in [0.717, 1.165) is 24.8 Å². The molecule has 0 radical (unpaired) electrons. The number of carbonyl (C=O) groups is 4. The summed E-state index contributed by atoms with van der Waals surface area (Å²) in [6, 6.07) is 4.82. The quantitative estimate of drug-likeness (QED) is 0.136. The molecule has 1 unspecified atom stereocenters. The van der Waals surface area contributed by atoms with Gasteiger partial charge in [0.15, 0.2) is 6.29 Å². The Bertz CT molecular complexity index is 1000. The lowest BCUT2D eigenvalue weighted by molar-refractivity contribution is -0.197. The first-order valence-corrected chi connectivity index (χ1v) is 11.6. The summed E-state index contributed by atoms with van der Waals surface area (Å²) in [4.78, 5) is 55.1. The molecule has 0 aromatic heterocycles. The Balaban J connectivity index is 1.94. The van der Waals surface area contributed by atoms with Crippen molar-refractivity contribution in [2.75, 3.05) is 0 Å². The normalized spacial score (nSPS) is 15.8. The molecule has 2 rings (SSSR count). The van der Waals surface area contributed by atoms with Crippen LogP contribution in [0.15, 0.2) is 45.9 Å². The van der Waals surface area contributed by atoms with Crippen molar-refractivity contribution in [3.05, 3.63) is 46.5 Å². The summed E-state index contributed by atoms with van der Waals surface area (Å²) < 4.78 is 0. The summed E-state index contributed by atoms with van der Waals surface area (Å²) in [5.74, 6) is -1.46. The molecule has 10 heteroatoms. The van der Waals surface area contributed by atoms with E-state index in [1.807, 2.05) is 6.92 Å². The standard InChI is InChI=1S/C24H26Cl2N2O6/c1-16(5-3-2-4-6-24(33)34-28-22(31)9-10-23(28)32)20-14-19(30)7-8-21(20)27-18(11-12-25)13-17(26)15-29/h7-8,11-16,30H,2-6,9-10H2,1H3/b12-11+,17-13+,27-18?. The number of hydroxylamine groups is 2. The van der Waals surface area contributed by atoms with Crippen LogP contribution < -0.4 is 0 Å². The van der Waals surface area contributed by atoms with Gasteiger partial charge in [-0.3, -0.25) is 14.4 Å². The number of aldehydes is 1. The van der Waals surface area contributed by atoms with Crippen LogP contribution in [0.4, 0.5) is 5.69 Å². The number of aromatic hydroxyl groups is 1. The van der Waals surface area contributed by atoms with E-state index < -0.39 is 17.8 Å². The lowest BCUT2D eigenvalue weighted by Crippen LogP contribution is -2.31. The number of rotatable bonds is 12. The minimum atomic E-state index is -0.608. The fourth-order valence-electron chi connectivity index (χ4n) is 3.39. The molecule has 0 bridgehead atoms. The number of unbranched alkanes of at least 4 members (excludes halogenated alkanes) is 2. The second kappa shape index (κ2) is 13.7. The van der Waals surface area contributed by atoms with Gasteiger partial charge in [0.2, 0.25) is 0 Å². The zero-order valence-corrected chi connectivity index (χ0v) is 20.2. The number of allylic oxidation sites excluding steroid dienone is 3. The Morgan fingerprint density at radius 3 is 2.59 bits per heavy atom. The Labute approximate surface area is 207 Å². The highest BCUT2D eigenvalue weighted by atomic mass is 35.5. The Morgan fingerprint density at radius 2 is 1.94 bits per heavy atom. The molecule has 1 aromatic carbocycles. The smallest absolute Gasteiger partial charge is 0.333 e. The van der Waals surface area contributed by atoms with Crippen LogP contribution in [-0.4, -0.2) is 40.0 Å². The molecule has 1 aliphatic rings. The van der Waals surface area contributed by atoms with Gasteiger partial charge in [-0.1, -0.05) is 43.0 Å². The number of amides is 2. The maximum atomic E-state index is 11.9. The molecule has 1 atom stereocenters. The second-order valence-electron chi connectivity index (χ2n) is 7.77. The van der Waals surface area contributed by atoms with Crippen molar-refractivity contribution in [1.29, 1.82) is 0 Å². The molecule has 1 heterocycles. The molecule has 0 spiro atoms. The fraction of sp³-hybridized carbons (Fsp3) is 0.375. The SMILES string of the molecule is CC(CCCCCC(=O)ON1C(=O)CCC1=O)c1cc(O)ccc1N=C(/C=C/Cl)/C=C(/Cl)C=O. The molecule has 1 N–H and O–H groups in total. The summed E-state index contributed by atoms with van der Waals surface area (Å²) in [6.07, 6.45) is 6.44. The largest absolute Gasteiger partial charge is 0.508 e. The first-order chi connectivity index (χ1) is 16.2. The monoisotopic (exact) mass is 508 g/mol. The van der Waals surface area contributed by atoms with Gasteiger partial charge in [-0.2, -0.15) is 0 Å². The highest BCUT2D eigenvalue weighted by Crippen LogP contribution is 2.33. The van der Waals surface area contributed by atoms with Crippen LogP contribution in [0.1, 0.15) is 63.4 Å². The van der Waals surface area contributed by atoms with Crippen molar-refractivity contribution in [3.63, 3.8) is 0 Å². The molecule has 1 saturated heterocycles. The van der Waals surface area contributed by atoms with Gasteiger partial charge in [0.05, 0.1) is 16.4 Å². The van der Waals surface area contributed by atoms with Crippen LogP contribution in [0.25, 0.3) is 0 Å². The van der Waals surface area contributed by atoms with Crippen molar-refractivity contribution >= 4 is 58.7 Å². The molecule has 0 aliphatic carbocycles. The number of nitrogens with zero attached hydrogens (tertiary/aromatic N) is 2. The third-order valence-electron chi connectivity index (χ3n) is 5.14. The van der Waals surface area contributed by atoms with E-state index in [0.29, 0.717) is 29.2 Å². The van der Waals surface area contributed by atoms with Crippen LogP contribution in [0.2, 0.25) is 0 Å². The highest BCUT2D eigenvalue weighted by Gasteiger charge is 2.32. The van der Waals surface area contributed by atoms with Gasteiger partial charge in [-0.25, -0.2) is 9.79 Å². The lowest BCUT2D eigenvalue weighted by atomic mass is 9.93. The van der Waals surface area contributed by atoms with Gasteiger partial charge >= 0.3 is 5.97 Å². The number of phenols is 1. The number of aliphatic imine (C=N–C) groups is 1. The molecule has 2 amide bonds. The fourth-order valence-corrected chi connectivity index (χ4v) is 3.63. The molecule has 1 fully saturated rings. The maximum absolute atomic E-state index is 11.9. The summed E-state index contributed by atoms with van der Waals surface area (Å²) in [5, 5.41) is 10.5. The van der Waals surface area contributed by atoms with Crippen molar-refractivity contribution in [2.45, 2.75) is 57.8 Å². The van der Waals surface area contributed by atoms with Crippen LogP contribution >= 0.6 is 23.2 Å². The highest BCUT2D eigenvalue weighted by molar-refractivity contribution is 6.40. The third-order valence-corrected chi connectivity index (χ3v) is 5.46. The lowest BCUT2D eigenvalue weighted by Gasteiger charge is -2.15. The molecule has 1 aliphatic heterocycles. The third kappa shape index (κ3) is 8.43. The van der Waals surface area contributed by atoms with E-state index in [1.54, 1.807) is 12.1 Å². The number of imide groups is 1.